The van der Waals surface area contributed by atoms with Gasteiger partial charge in [-0.15, -0.1) is 0 Å². The van der Waals surface area contributed by atoms with Crippen molar-refractivity contribution in [3.8, 4) is 0 Å². The molecule has 2 unspecified atom stereocenters. The number of aromatic amines is 1. The molecule has 0 saturated heterocycles. The number of aliphatic hydroxyl groups excluding tert-OH is 3. The average molecular weight is 424 g/mol. The summed E-state index contributed by atoms with van der Waals surface area (Å²) in [5.74, 6) is -0.574. The lowest BCUT2D eigenvalue weighted by Crippen LogP contribution is -2.41. The van der Waals surface area contributed by atoms with Crippen LogP contribution in [-0.4, -0.2) is 55.7 Å². The Morgan fingerprint density at radius 1 is 1.16 bits per heavy atom. The van der Waals surface area contributed by atoms with Gasteiger partial charge in [0.15, 0.2) is 5.69 Å². The van der Waals surface area contributed by atoms with E-state index >= 15 is 0 Å². The molecule has 0 fully saturated rings. The second-order valence-corrected chi connectivity index (χ2v) is 7.37. The highest BCUT2D eigenvalue weighted by Crippen LogP contribution is 2.16. The minimum atomic E-state index is -1.76. The highest BCUT2D eigenvalue weighted by Gasteiger charge is 2.27. The molecule has 162 valence electrons. The van der Waals surface area contributed by atoms with Crippen LogP contribution in [0.2, 0.25) is 0 Å². The van der Waals surface area contributed by atoms with Crippen LogP contribution >= 0.6 is 0 Å². The van der Waals surface area contributed by atoms with E-state index in [1.54, 1.807) is 30.3 Å². The van der Waals surface area contributed by atoms with Gasteiger partial charge in [0.05, 0.1) is 17.6 Å². The van der Waals surface area contributed by atoms with Crippen LogP contribution in [0.1, 0.15) is 32.7 Å². The number of hydrogen-bond acceptors (Lipinski definition) is 7. The van der Waals surface area contributed by atoms with E-state index < -0.39 is 30.3 Å². The number of carbonyl (C=O) groups excluding carboxylic acids is 1. The number of carbonyl (C=O) groups is 1. The number of aliphatic hydroxyl groups is 3. The maximum Gasteiger partial charge on any atom is 0.276 e. The molecule has 9 heteroatoms. The molecule has 0 aliphatic rings. The molecular weight excluding hydrogens is 400 g/mol. The molecule has 1 aromatic heterocycles. The Morgan fingerprint density at radius 2 is 1.87 bits per heavy atom. The number of fused-ring (bicyclic) bond motifs is 1. The molecule has 0 saturated carbocycles. The first-order chi connectivity index (χ1) is 14.7. The number of hydrazone groups is 1. The highest BCUT2D eigenvalue weighted by molar-refractivity contribution is 6.04. The van der Waals surface area contributed by atoms with Crippen molar-refractivity contribution in [2.75, 3.05) is 6.61 Å². The van der Waals surface area contributed by atoms with Crippen molar-refractivity contribution < 1.29 is 20.1 Å². The minimum absolute atomic E-state index is 0.278. The van der Waals surface area contributed by atoms with Crippen LogP contribution in [0.5, 0.6) is 0 Å². The van der Waals surface area contributed by atoms with Crippen LogP contribution < -0.4 is 11.0 Å². The molecule has 5 N–H and O–H groups in total. The normalized spacial score (nSPS) is 13.8. The summed E-state index contributed by atoms with van der Waals surface area (Å²) < 4.78 is 0. The van der Waals surface area contributed by atoms with Crippen LogP contribution in [0.15, 0.2) is 46.3 Å². The Labute approximate surface area is 178 Å². The molecule has 2 atom stereocenters. The van der Waals surface area contributed by atoms with Gasteiger partial charge in [-0.1, -0.05) is 17.7 Å². The summed E-state index contributed by atoms with van der Waals surface area (Å²) in [4.78, 5) is 32.1. The maximum absolute atomic E-state index is 12.7. The van der Waals surface area contributed by atoms with E-state index in [0.29, 0.717) is 16.6 Å². The predicted octanol–water partition coefficient (Wildman–Crippen LogP) is 0.697. The molecule has 1 heterocycles. The van der Waals surface area contributed by atoms with Crippen molar-refractivity contribution in [2.24, 2.45) is 5.10 Å². The zero-order chi connectivity index (χ0) is 22.7. The van der Waals surface area contributed by atoms with Gasteiger partial charge in [-0.2, -0.15) is 5.10 Å². The quantitative estimate of drug-likeness (QED) is 0.291. The first-order valence-corrected chi connectivity index (χ1v) is 9.64. The summed E-state index contributed by atoms with van der Waals surface area (Å²) in [5.41, 5.74) is 5.02. The SMILES string of the molecule is Cc1cccc(C(=O)NN=C(c2nc3cc(C)c(C)cc3[nH]c2=O)C(O)C(O)CO)c1. The van der Waals surface area contributed by atoms with Gasteiger partial charge >= 0.3 is 0 Å². The second kappa shape index (κ2) is 9.17. The van der Waals surface area contributed by atoms with Crippen LogP contribution in [0, 0.1) is 20.8 Å². The van der Waals surface area contributed by atoms with E-state index in [-0.39, 0.29) is 11.4 Å². The molecule has 9 nitrogen and oxygen atoms in total. The third-order valence-corrected chi connectivity index (χ3v) is 4.94. The topological polar surface area (TPSA) is 148 Å². The zero-order valence-electron chi connectivity index (χ0n) is 17.4. The number of nitrogens with zero attached hydrogens (tertiary/aromatic N) is 2. The van der Waals surface area contributed by atoms with Crippen molar-refractivity contribution >= 4 is 22.7 Å². The van der Waals surface area contributed by atoms with Gasteiger partial charge in [0, 0.05) is 5.56 Å². The van der Waals surface area contributed by atoms with Crippen molar-refractivity contribution in [1.82, 2.24) is 15.4 Å². The van der Waals surface area contributed by atoms with Crippen LogP contribution in [-0.2, 0) is 0 Å². The van der Waals surface area contributed by atoms with Crippen LogP contribution in [0.25, 0.3) is 11.0 Å². The number of amides is 1. The summed E-state index contributed by atoms with van der Waals surface area (Å²) in [6, 6.07) is 10.3. The highest BCUT2D eigenvalue weighted by atomic mass is 16.4. The van der Waals surface area contributed by atoms with Gasteiger partial charge in [-0.3, -0.25) is 9.59 Å². The second-order valence-electron chi connectivity index (χ2n) is 7.37. The van der Waals surface area contributed by atoms with Crippen LogP contribution in [0.3, 0.4) is 0 Å². The number of benzene rings is 2. The minimum Gasteiger partial charge on any atom is -0.394 e. The van der Waals surface area contributed by atoms with Crippen molar-refractivity contribution in [3.05, 3.63) is 74.7 Å². The maximum atomic E-state index is 12.7. The monoisotopic (exact) mass is 424 g/mol. The molecule has 3 rings (SSSR count). The Balaban J connectivity index is 2.07. The Kier molecular flexibility index (Phi) is 6.59. The lowest BCUT2D eigenvalue weighted by Gasteiger charge is -2.17. The molecule has 2 aromatic carbocycles. The van der Waals surface area contributed by atoms with Crippen LogP contribution in [0.4, 0.5) is 0 Å². The summed E-state index contributed by atoms with van der Waals surface area (Å²) >= 11 is 0. The zero-order valence-corrected chi connectivity index (χ0v) is 17.4. The van der Waals surface area contributed by atoms with E-state index in [0.717, 1.165) is 16.7 Å². The fourth-order valence-corrected chi connectivity index (χ4v) is 3.02. The first kappa shape index (κ1) is 22.3. The molecular formula is C22H24N4O5. The standard InChI is InChI=1S/C22H24N4O5/c1-11-5-4-6-14(7-11)21(30)26-25-18(20(29)17(28)10-27)19-22(31)24-16-9-13(3)12(2)8-15(16)23-19/h4-9,17,20,27-29H,10H2,1-3H3,(H,24,31)(H,26,30). The van der Waals surface area contributed by atoms with E-state index in [4.69, 9.17) is 0 Å². The fraction of sp³-hybridized carbons (Fsp3) is 0.273. The largest absolute Gasteiger partial charge is 0.394 e. The van der Waals surface area contributed by atoms with Gasteiger partial charge < -0.3 is 20.3 Å². The van der Waals surface area contributed by atoms with Crippen molar-refractivity contribution in [2.45, 2.75) is 33.0 Å². The number of aromatic nitrogens is 2. The molecule has 3 aromatic rings. The average Bonchev–Trinajstić information content (AvgIpc) is 2.74. The lowest BCUT2D eigenvalue weighted by atomic mass is 10.1. The van der Waals surface area contributed by atoms with E-state index in [9.17, 15) is 24.9 Å². The number of hydrogen-bond donors (Lipinski definition) is 5. The predicted molar refractivity (Wildman–Crippen MR) is 116 cm³/mol. The molecule has 0 radical (unpaired) electrons. The van der Waals surface area contributed by atoms with Gasteiger partial charge in [0.2, 0.25) is 0 Å². The van der Waals surface area contributed by atoms with Gasteiger partial charge in [-0.05, 0) is 56.2 Å². The molecule has 0 aliphatic carbocycles. The van der Waals surface area contributed by atoms with Crippen molar-refractivity contribution in [3.63, 3.8) is 0 Å². The smallest absolute Gasteiger partial charge is 0.276 e. The fourth-order valence-electron chi connectivity index (χ4n) is 3.02. The number of nitrogens with one attached hydrogen (secondary N) is 2. The van der Waals surface area contributed by atoms with E-state index in [2.05, 4.69) is 20.5 Å². The lowest BCUT2D eigenvalue weighted by molar-refractivity contribution is 0.0183. The summed E-state index contributed by atoms with van der Waals surface area (Å²) in [7, 11) is 0. The molecule has 0 bridgehead atoms. The Hall–Kier alpha value is -3.40. The van der Waals surface area contributed by atoms with Crippen molar-refractivity contribution in [1.29, 1.82) is 0 Å². The molecule has 0 aliphatic heterocycles. The number of H-pyrrole nitrogens is 1. The molecule has 31 heavy (non-hydrogen) atoms. The van der Waals surface area contributed by atoms with Gasteiger partial charge in [0.25, 0.3) is 11.5 Å². The summed E-state index contributed by atoms with van der Waals surface area (Å²) in [5, 5.41) is 33.5. The third-order valence-electron chi connectivity index (χ3n) is 4.94. The molecule has 1 amide bonds. The molecule has 0 spiro atoms. The Morgan fingerprint density at radius 3 is 2.55 bits per heavy atom. The third kappa shape index (κ3) is 4.85. The van der Waals surface area contributed by atoms with Gasteiger partial charge in [-0.25, -0.2) is 10.4 Å². The number of rotatable bonds is 6. The number of aryl methyl sites for hydroxylation is 3. The first-order valence-electron chi connectivity index (χ1n) is 9.64. The van der Waals surface area contributed by atoms with E-state index in [1.807, 2.05) is 26.8 Å². The Bertz CT molecular complexity index is 1220. The summed E-state index contributed by atoms with van der Waals surface area (Å²) in [6.45, 7) is 4.84. The summed E-state index contributed by atoms with van der Waals surface area (Å²) in [6.07, 6.45) is -3.40. The van der Waals surface area contributed by atoms with Gasteiger partial charge in [0.1, 0.15) is 17.9 Å². The van der Waals surface area contributed by atoms with E-state index in [1.165, 1.54) is 0 Å².